The predicted octanol–water partition coefficient (Wildman–Crippen LogP) is 0.911. The summed E-state index contributed by atoms with van der Waals surface area (Å²) in [5.41, 5.74) is 7.10. The van der Waals surface area contributed by atoms with E-state index in [-0.39, 0.29) is 18.1 Å². The monoisotopic (exact) mass is 251 g/mol. The van der Waals surface area contributed by atoms with Gasteiger partial charge < -0.3 is 11.1 Å². The predicted molar refractivity (Wildman–Crippen MR) is 68.2 cm³/mol. The van der Waals surface area contributed by atoms with Crippen LogP contribution in [-0.4, -0.2) is 23.9 Å². The second-order valence-electron chi connectivity index (χ2n) is 4.11. The second-order valence-corrected chi connectivity index (χ2v) is 4.11. The minimum absolute atomic E-state index is 0.114. The molecule has 0 fully saturated rings. The number of primary amides is 1. The maximum atomic E-state index is 10.6. The number of nitro benzene ring substituents is 1. The van der Waals surface area contributed by atoms with E-state index in [1.165, 1.54) is 6.07 Å². The van der Waals surface area contributed by atoms with Crippen molar-refractivity contribution in [2.24, 2.45) is 5.73 Å². The Labute approximate surface area is 105 Å². The van der Waals surface area contributed by atoms with E-state index in [9.17, 15) is 14.9 Å². The van der Waals surface area contributed by atoms with Crippen molar-refractivity contribution < 1.29 is 9.72 Å². The van der Waals surface area contributed by atoms with E-state index >= 15 is 0 Å². The lowest BCUT2D eigenvalue weighted by Gasteiger charge is -2.06. The number of carbonyl (C=O) groups is 1. The molecule has 0 aromatic heterocycles. The van der Waals surface area contributed by atoms with Crippen molar-refractivity contribution in [1.82, 2.24) is 5.32 Å². The number of aryl methyl sites for hydroxylation is 2. The Hall–Kier alpha value is -1.95. The van der Waals surface area contributed by atoms with Crippen LogP contribution in [0.5, 0.6) is 0 Å². The lowest BCUT2D eigenvalue weighted by atomic mass is 10.0. The Balaban J connectivity index is 2.43. The zero-order valence-corrected chi connectivity index (χ0v) is 10.3. The van der Waals surface area contributed by atoms with Gasteiger partial charge >= 0.3 is 0 Å². The Morgan fingerprint density at radius 3 is 2.78 bits per heavy atom. The number of nitrogens with two attached hydrogens (primary N) is 1. The van der Waals surface area contributed by atoms with Crippen molar-refractivity contribution in [3.8, 4) is 0 Å². The van der Waals surface area contributed by atoms with E-state index in [4.69, 9.17) is 5.73 Å². The number of hydrogen-bond donors (Lipinski definition) is 2. The van der Waals surface area contributed by atoms with E-state index < -0.39 is 4.92 Å². The second kappa shape index (κ2) is 6.70. The van der Waals surface area contributed by atoms with Crippen LogP contribution in [0.1, 0.15) is 17.5 Å². The van der Waals surface area contributed by atoms with Gasteiger partial charge in [-0.05, 0) is 37.4 Å². The summed E-state index contributed by atoms with van der Waals surface area (Å²) in [6, 6.07) is 4.87. The highest BCUT2D eigenvalue weighted by molar-refractivity contribution is 5.75. The molecule has 0 aliphatic heterocycles. The summed E-state index contributed by atoms with van der Waals surface area (Å²) in [7, 11) is 0. The van der Waals surface area contributed by atoms with Crippen LogP contribution < -0.4 is 11.1 Å². The van der Waals surface area contributed by atoms with Crippen molar-refractivity contribution in [2.45, 2.75) is 19.8 Å². The molecule has 0 radical (unpaired) electrons. The number of rotatable bonds is 7. The lowest BCUT2D eigenvalue weighted by Crippen LogP contribution is -2.29. The van der Waals surface area contributed by atoms with Crippen LogP contribution in [0.15, 0.2) is 18.2 Å². The van der Waals surface area contributed by atoms with Gasteiger partial charge in [-0.25, -0.2) is 0 Å². The van der Waals surface area contributed by atoms with Gasteiger partial charge in [-0.15, -0.1) is 0 Å². The fourth-order valence-corrected chi connectivity index (χ4v) is 1.69. The highest BCUT2D eigenvalue weighted by Gasteiger charge is 2.07. The van der Waals surface area contributed by atoms with Gasteiger partial charge in [0, 0.05) is 12.1 Å². The molecule has 0 bridgehead atoms. The molecule has 0 aliphatic carbocycles. The van der Waals surface area contributed by atoms with Gasteiger partial charge in [0.25, 0.3) is 5.69 Å². The van der Waals surface area contributed by atoms with E-state index in [1.807, 2.05) is 6.92 Å². The number of hydrogen-bond acceptors (Lipinski definition) is 4. The maximum Gasteiger partial charge on any atom is 0.269 e. The van der Waals surface area contributed by atoms with E-state index in [0.717, 1.165) is 24.0 Å². The van der Waals surface area contributed by atoms with E-state index in [0.29, 0.717) is 6.54 Å². The number of benzene rings is 1. The molecule has 6 heteroatoms. The van der Waals surface area contributed by atoms with Crippen LogP contribution in [-0.2, 0) is 11.2 Å². The standard InChI is InChI=1S/C12H17N3O3/c1-9-7-11(15(17)18)5-4-10(9)3-2-6-14-8-12(13)16/h4-5,7,14H,2-3,6,8H2,1H3,(H2,13,16). The van der Waals surface area contributed by atoms with Crippen molar-refractivity contribution in [1.29, 1.82) is 0 Å². The normalized spacial score (nSPS) is 10.3. The van der Waals surface area contributed by atoms with Gasteiger partial charge in [0.1, 0.15) is 0 Å². The molecule has 0 heterocycles. The number of nitro groups is 1. The van der Waals surface area contributed by atoms with Gasteiger partial charge in [0.2, 0.25) is 5.91 Å². The van der Waals surface area contributed by atoms with Gasteiger partial charge in [-0.2, -0.15) is 0 Å². The SMILES string of the molecule is Cc1cc([N+](=O)[O-])ccc1CCCNCC(N)=O. The van der Waals surface area contributed by atoms with E-state index in [2.05, 4.69) is 5.32 Å². The molecule has 1 aromatic rings. The summed E-state index contributed by atoms with van der Waals surface area (Å²) in [6.07, 6.45) is 1.67. The average Bonchev–Trinajstić information content (AvgIpc) is 2.29. The van der Waals surface area contributed by atoms with Crippen molar-refractivity contribution in [2.75, 3.05) is 13.1 Å². The van der Waals surface area contributed by atoms with Crippen LogP contribution in [0.25, 0.3) is 0 Å². The van der Waals surface area contributed by atoms with E-state index in [1.54, 1.807) is 12.1 Å². The Morgan fingerprint density at radius 2 is 2.22 bits per heavy atom. The van der Waals surface area contributed by atoms with Crippen LogP contribution in [0.2, 0.25) is 0 Å². The zero-order valence-electron chi connectivity index (χ0n) is 10.3. The first-order chi connectivity index (χ1) is 8.50. The first-order valence-electron chi connectivity index (χ1n) is 5.73. The molecule has 98 valence electrons. The molecule has 18 heavy (non-hydrogen) atoms. The highest BCUT2D eigenvalue weighted by atomic mass is 16.6. The number of non-ortho nitro benzene ring substituents is 1. The van der Waals surface area contributed by atoms with Gasteiger partial charge in [0.15, 0.2) is 0 Å². The molecular weight excluding hydrogens is 234 g/mol. The average molecular weight is 251 g/mol. The van der Waals surface area contributed by atoms with Crippen molar-refractivity contribution in [3.63, 3.8) is 0 Å². The summed E-state index contributed by atoms with van der Waals surface area (Å²) >= 11 is 0. The van der Waals surface area contributed by atoms with Crippen LogP contribution >= 0.6 is 0 Å². The van der Waals surface area contributed by atoms with Crippen molar-refractivity contribution >= 4 is 11.6 Å². The molecule has 1 rings (SSSR count). The molecular formula is C12H17N3O3. The molecule has 0 saturated heterocycles. The molecule has 1 aromatic carbocycles. The Kier molecular flexibility index (Phi) is 5.26. The van der Waals surface area contributed by atoms with Crippen LogP contribution in [0, 0.1) is 17.0 Å². The zero-order chi connectivity index (χ0) is 13.5. The van der Waals surface area contributed by atoms with Gasteiger partial charge in [-0.3, -0.25) is 14.9 Å². The third-order valence-corrected chi connectivity index (χ3v) is 2.64. The highest BCUT2D eigenvalue weighted by Crippen LogP contribution is 2.18. The minimum atomic E-state index is -0.398. The molecule has 0 unspecified atom stereocenters. The molecule has 0 spiro atoms. The maximum absolute atomic E-state index is 10.6. The molecule has 0 aliphatic rings. The third kappa shape index (κ3) is 4.50. The quantitative estimate of drug-likeness (QED) is 0.427. The fourth-order valence-electron chi connectivity index (χ4n) is 1.69. The number of nitrogens with zero attached hydrogens (tertiary/aromatic N) is 1. The topological polar surface area (TPSA) is 98.3 Å². The molecule has 0 saturated carbocycles. The summed E-state index contributed by atoms with van der Waals surface area (Å²) in [6.45, 7) is 2.73. The Bertz CT molecular complexity index is 446. The largest absolute Gasteiger partial charge is 0.369 e. The smallest absolute Gasteiger partial charge is 0.269 e. The van der Waals surface area contributed by atoms with Crippen LogP contribution in [0.4, 0.5) is 5.69 Å². The van der Waals surface area contributed by atoms with Crippen molar-refractivity contribution in [3.05, 3.63) is 39.4 Å². The summed E-state index contributed by atoms with van der Waals surface area (Å²) < 4.78 is 0. The molecule has 3 N–H and O–H groups in total. The summed E-state index contributed by atoms with van der Waals surface area (Å²) in [5, 5.41) is 13.5. The summed E-state index contributed by atoms with van der Waals surface area (Å²) in [5.74, 6) is -0.374. The fraction of sp³-hybridized carbons (Fsp3) is 0.417. The first-order valence-corrected chi connectivity index (χ1v) is 5.73. The first kappa shape index (κ1) is 14.1. The number of nitrogens with one attached hydrogen (secondary N) is 1. The third-order valence-electron chi connectivity index (χ3n) is 2.64. The molecule has 6 nitrogen and oxygen atoms in total. The minimum Gasteiger partial charge on any atom is -0.369 e. The van der Waals surface area contributed by atoms with Gasteiger partial charge in [0.05, 0.1) is 11.5 Å². The van der Waals surface area contributed by atoms with Gasteiger partial charge in [-0.1, -0.05) is 6.07 Å². The lowest BCUT2D eigenvalue weighted by molar-refractivity contribution is -0.384. The number of amides is 1. The number of carbonyl (C=O) groups excluding carboxylic acids is 1. The summed E-state index contributed by atoms with van der Waals surface area (Å²) in [4.78, 5) is 20.7. The van der Waals surface area contributed by atoms with Crippen LogP contribution in [0.3, 0.4) is 0 Å². The Morgan fingerprint density at radius 1 is 1.50 bits per heavy atom. The molecule has 1 amide bonds. The molecule has 0 atom stereocenters.